The number of benzene rings is 5. The molecule has 316 valence electrons. The summed E-state index contributed by atoms with van der Waals surface area (Å²) < 4.78 is 33.3. The van der Waals surface area contributed by atoms with Crippen LogP contribution in [0.2, 0.25) is 0 Å². The number of fused-ring (bicyclic) bond motifs is 2. The van der Waals surface area contributed by atoms with Crippen LogP contribution in [0.15, 0.2) is 48.5 Å². The molecule has 2 heterocycles. The van der Waals surface area contributed by atoms with E-state index >= 15 is 0 Å². The van der Waals surface area contributed by atoms with Crippen molar-refractivity contribution in [3.8, 4) is 0 Å². The molecule has 0 N–H and O–H groups in total. The Balaban J connectivity index is 0.980. The van der Waals surface area contributed by atoms with Crippen molar-refractivity contribution in [2.75, 3.05) is 104 Å². The summed E-state index contributed by atoms with van der Waals surface area (Å²) >= 11 is 2.44. The Kier molecular flexibility index (Phi) is 14.8. The lowest BCUT2D eigenvalue weighted by molar-refractivity contribution is -0.109. The highest BCUT2D eigenvalue weighted by Crippen LogP contribution is 2.46. The van der Waals surface area contributed by atoms with Crippen molar-refractivity contribution in [1.82, 2.24) is 9.80 Å². The molecule has 2 aliphatic heterocycles. The number of rotatable bonds is 24. The molecule has 7 rings (SSSR count). The Bertz CT molecular complexity index is 2150. The van der Waals surface area contributed by atoms with Gasteiger partial charge in [0.25, 0.3) is 23.6 Å². The predicted octanol–water partition coefficient (Wildman–Crippen LogP) is 5.59. The first-order valence-electron chi connectivity index (χ1n) is 19.8. The van der Waals surface area contributed by atoms with E-state index in [1.165, 1.54) is 47.2 Å². The zero-order valence-corrected chi connectivity index (χ0v) is 35.2. The van der Waals surface area contributed by atoms with Gasteiger partial charge in [-0.15, -0.1) is 0 Å². The third-order valence-electron chi connectivity index (χ3n) is 10.3. The maximum Gasteiger partial charge on any atom is 0.261 e. The van der Waals surface area contributed by atoms with Gasteiger partial charge in [0.05, 0.1) is 92.4 Å². The molecule has 14 nitrogen and oxygen atoms in total. The Morgan fingerprint density at radius 2 is 0.667 bits per heavy atom. The van der Waals surface area contributed by atoms with Crippen molar-refractivity contribution >= 4 is 100 Å². The van der Waals surface area contributed by atoms with E-state index in [-0.39, 0.29) is 49.7 Å². The standard InChI is InChI=1S/C44H46N2O12S2/c1-27(47)59-25-23-57-21-19-55-17-15-53-13-11-45-41(49)33-7-3-29-31-5-9-35-40-36(10-6-32(38(31)40)30-4-8-34(42(45)50)39(33)37(29)30)44(52)46(43(35)51)12-14-54-16-18-56-20-22-58-24-26-60-28(2)48/h3-10H,11-26H2,1-2H3. The second kappa shape index (κ2) is 20.4. The van der Waals surface area contributed by atoms with Crippen molar-refractivity contribution in [3.05, 3.63) is 70.8 Å². The Hall–Kier alpha value is -4.52. The molecule has 0 aromatic heterocycles. The minimum Gasteiger partial charge on any atom is -0.378 e. The van der Waals surface area contributed by atoms with E-state index in [1.54, 1.807) is 24.3 Å². The molecule has 0 saturated heterocycles. The molecule has 0 atom stereocenters. The van der Waals surface area contributed by atoms with Crippen molar-refractivity contribution in [3.63, 3.8) is 0 Å². The molecule has 60 heavy (non-hydrogen) atoms. The third-order valence-corrected chi connectivity index (χ3v) is 11.8. The van der Waals surface area contributed by atoms with Crippen molar-refractivity contribution in [1.29, 1.82) is 0 Å². The molecule has 0 fully saturated rings. The van der Waals surface area contributed by atoms with Gasteiger partial charge in [0.1, 0.15) is 0 Å². The molecule has 0 saturated carbocycles. The molecule has 0 aliphatic carbocycles. The van der Waals surface area contributed by atoms with Crippen molar-refractivity contribution < 1.29 is 57.2 Å². The van der Waals surface area contributed by atoms with Gasteiger partial charge in [0.15, 0.2) is 10.2 Å². The van der Waals surface area contributed by atoms with Crippen LogP contribution in [0, 0.1) is 0 Å². The number of hydrogen-bond donors (Lipinski definition) is 0. The largest absolute Gasteiger partial charge is 0.378 e. The number of amides is 4. The maximum atomic E-state index is 13.9. The number of ether oxygens (including phenoxy) is 6. The highest BCUT2D eigenvalue weighted by atomic mass is 32.2. The van der Waals surface area contributed by atoms with E-state index in [0.717, 1.165) is 32.3 Å². The summed E-state index contributed by atoms with van der Waals surface area (Å²) in [6, 6.07) is 14.5. The van der Waals surface area contributed by atoms with Gasteiger partial charge in [0.2, 0.25) is 0 Å². The minimum atomic E-state index is -0.400. The molecular formula is C44H46N2O12S2. The summed E-state index contributed by atoms with van der Waals surface area (Å²) in [6.07, 6.45) is 0. The summed E-state index contributed by atoms with van der Waals surface area (Å²) in [6.45, 7) is 7.23. The first kappa shape index (κ1) is 43.6. The number of imide groups is 2. The third kappa shape index (κ3) is 9.35. The fourth-order valence-electron chi connectivity index (χ4n) is 7.66. The monoisotopic (exact) mass is 858 g/mol. The quantitative estimate of drug-likeness (QED) is 0.0327. The first-order chi connectivity index (χ1) is 29.2. The number of carbonyl (C=O) groups is 6. The van der Waals surface area contributed by atoms with Gasteiger partial charge in [-0.25, -0.2) is 0 Å². The smallest absolute Gasteiger partial charge is 0.261 e. The van der Waals surface area contributed by atoms with Crippen LogP contribution in [0.4, 0.5) is 0 Å². The average molecular weight is 859 g/mol. The van der Waals surface area contributed by atoms with E-state index in [1.807, 2.05) is 24.3 Å². The average Bonchev–Trinajstić information content (AvgIpc) is 3.23. The van der Waals surface area contributed by atoms with E-state index in [4.69, 9.17) is 28.4 Å². The van der Waals surface area contributed by atoms with Crippen LogP contribution >= 0.6 is 23.5 Å². The highest BCUT2D eigenvalue weighted by molar-refractivity contribution is 8.13. The second-order valence-electron chi connectivity index (χ2n) is 14.0. The second-order valence-corrected chi connectivity index (χ2v) is 16.6. The molecule has 5 aromatic carbocycles. The number of nitrogens with zero attached hydrogens (tertiary/aromatic N) is 2. The predicted molar refractivity (Wildman–Crippen MR) is 230 cm³/mol. The summed E-state index contributed by atoms with van der Waals surface area (Å²) in [5.41, 5.74) is 1.68. The summed E-state index contributed by atoms with van der Waals surface area (Å²) in [5, 5.41) is 6.12. The zero-order valence-electron chi connectivity index (χ0n) is 33.5. The molecular weight excluding hydrogens is 813 g/mol. The van der Waals surface area contributed by atoms with Crippen LogP contribution in [0.3, 0.4) is 0 Å². The molecule has 0 unspecified atom stereocenters. The van der Waals surface area contributed by atoms with Gasteiger partial charge in [0, 0.05) is 58.4 Å². The van der Waals surface area contributed by atoms with Crippen molar-refractivity contribution in [2.45, 2.75) is 13.8 Å². The van der Waals surface area contributed by atoms with E-state index < -0.39 is 23.6 Å². The van der Waals surface area contributed by atoms with Crippen LogP contribution in [0.25, 0.3) is 43.1 Å². The number of carbonyl (C=O) groups excluding carboxylic acids is 6. The van der Waals surface area contributed by atoms with Gasteiger partial charge < -0.3 is 28.4 Å². The molecule has 0 radical (unpaired) electrons. The van der Waals surface area contributed by atoms with E-state index in [9.17, 15) is 28.8 Å². The molecule has 0 spiro atoms. The summed E-state index contributed by atoms with van der Waals surface area (Å²) in [4.78, 5) is 79.8. The van der Waals surface area contributed by atoms with E-state index in [0.29, 0.717) is 97.4 Å². The van der Waals surface area contributed by atoms with Crippen molar-refractivity contribution in [2.24, 2.45) is 0 Å². The molecule has 0 bridgehead atoms. The summed E-state index contributed by atoms with van der Waals surface area (Å²) in [5.74, 6) is -0.394. The van der Waals surface area contributed by atoms with Gasteiger partial charge in [-0.05, 0) is 56.6 Å². The number of hydrogen-bond acceptors (Lipinski definition) is 14. The fraction of sp³-hybridized carbons (Fsp3) is 0.409. The van der Waals surface area contributed by atoms with Gasteiger partial charge >= 0.3 is 0 Å². The number of thioether (sulfide) groups is 2. The lowest BCUT2D eigenvalue weighted by atomic mass is 9.82. The topological polar surface area (TPSA) is 164 Å². The van der Waals surface area contributed by atoms with Gasteiger partial charge in [-0.2, -0.15) is 0 Å². The first-order valence-corrected chi connectivity index (χ1v) is 21.8. The van der Waals surface area contributed by atoms with Crippen LogP contribution < -0.4 is 0 Å². The molecule has 2 aliphatic rings. The lowest BCUT2D eigenvalue weighted by Gasteiger charge is -2.30. The Morgan fingerprint density at radius 1 is 0.400 bits per heavy atom. The lowest BCUT2D eigenvalue weighted by Crippen LogP contribution is -2.42. The Labute approximate surface area is 354 Å². The molecule has 4 amide bonds. The SMILES string of the molecule is CC(=O)SCCOCCOCCOCCN1C(=O)c2ccc3c4ccc5c6c(ccc(c7ccc(c2c37)C1=O)c64)C(=O)N(CCOCCOCCOCCSC(C)=O)C5=O. The zero-order chi connectivity index (χ0) is 42.2. The minimum absolute atomic E-state index is 0.0576. The van der Waals surface area contributed by atoms with Gasteiger partial charge in [-0.1, -0.05) is 47.8 Å². The highest BCUT2D eigenvalue weighted by Gasteiger charge is 2.36. The van der Waals surface area contributed by atoms with Crippen LogP contribution in [0.5, 0.6) is 0 Å². The fourth-order valence-corrected chi connectivity index (χ4v) is 8.64. The maximum absolute atomic E-state index is 13.9. The van der Waals surface area contributed by atoms with Crippen LogP contribution in [-0.2, 0) is 38.0 Å². The van der Waals surface area contributed by atoms with Crippen LogP contribution in [0.1, 0.15) is 55.3 Å². The van der Waals surface area contributed by atoms with Crippen LogP contribution in [-0.4, -0.2) is 148 Å². The summed E-state index contributed by atoms with van der Waals surface area (Å²) in [7, 11) is 0. The Morgan fingerprint density at radius 3 is 0.950 bits per heavy atom. The molecule has 16 heteroatoms. The van der Waals surface area contributed by atoms with E-state index in [2.05, 4.69) is 0 Å². The van der Waals surface area contributed by atoms with Gasteiger partial charge in [-0.3, -0.25) is 38.6 Å². The normalized spacial score (nSPS) is 14.0. The molecule has 5 aromatic rings.